The van der Waals surface area contributed by atoms with Crippen LogP contribution in [-0.4, -0.2) is 30.9 Å². The van der Waals surface area contributed by atoms with Crippen LogP contribution in [-0.2, 0) is 16.0 Å². The molecule has 0 bridgehead atoms. The molecule has 108 valence electrons. The summed E-state index contributed by atoms with van der Waals surface area (Å²) in [6.45, 7) is 10.1. The van der Waals surface area contributed by atoms with Crippen molar-refractivity contribution in [1.82, 2.24) is 9.55 Å². The summed E-state index contributed by atoms with van der Waals surface area (Å²) in [7, 11) is -2.37. The van der Waals surface area contributed by atoms with Gasteiger partial charge in [0, 0.05) is 32.3 Å². The van der Waals surface area contributed by atoms with Gasteiger partial charge < -0.3 is 9.30 Å². The normalized spacial score (nSPS) is 12.9. The molecule has 2 aromatic rings. The first-order chi connectivity index (χ1) is 9.37. The predicted molar refractivity (Wildman–Crippen MR) is 87.0 cm³/mol. The third-order valence-electron chi connectivity index (χ3n) is 3.18. The van der Waals surface area contributed by atoms with E-state index >= 15 is 0 Å². The summed E-state index contributed by atoms with van der Waals surface area (Å²) in [6, 6.07) is 5.10. The minimum absolute atomic E-state index is 0.526. The van der Waals surface area contributed by atoms with Crippen molar-refractivity contribution in [3.05, 3.63) is 24.5 Å². The van der Waals surface area contributed by atoms with E-state index in [0.29, 0.717) is 6.73 Å². The standard InChI is InChI=1S/C14H22N2O2PSi/c1-19(17)13-9-12-5-6-16(14(12)15-10-13)11-18-7-8-20(2,3)4/h5-6,9-10H,7-8,11H2,1-4H3/q+1. The highest BCUT2D eigenvalue weighted by atomic mass is 31.1. The van der Waals surface area contributed by atoms with E-state index in [1.165, 1.54) is 6.04 Å². The van der Waals surface area contributed by atoms with Crippen LogP contribution in [0.15, 0.2) is 24.5 Å². The maximum atomic E-state index is 11.5. The van der Waals surface area contributed by atoms with Crippen molar-refractivity contribution in [1.29, 1.82) is 0 Å². The smallest absolute Gasteiger partial charge is 0.361 e. The van der Waals surface area contributed by atoms with E-state index in [1.807, 2.05) is 22.9 Å². The zero-order chi connectivity index (χ0) is 14.8. The van der Waals surface area contributed by atoms with Gasteiger partial charge in [-0.15, -0.1) is 0 Å². The Labute approximate surface area is 122 Å². The number of ether oxygens (including phenoxy) is 1. The molecule has 1 unspecified atom stereocenters. The van der Waals surface area contributed by atoms with Crippen LogP contribution in [0.5, 0.6) is 0 Å². The van der Waals surface area contributed by atoms with Crippen LogP contribution in [0.25, 0.3) is 11.0 Å². The molecule has 1 atom stereocenters. The molecule has 4 nitrogen and oxygen atoms in total. The van der Waals surface area contributed by atoms with Crippen LogP contribution in [0, 0.1) is 0 Å². The Kier molecular flexibility index (Phi) is 4.73. The Bertz CT molecular complexity index is 619. The fourth-order valence-electron chi connectivity index (χ4n) is 1.88. The monoisotopic (exact) mass is 309 g/mol. The number of nitrogens with zero attached hydrogens (tertiary/aromatic N) is 2. The summed E-state index contributed by atoms with van der Waals surface area (Å²) in [6.07, 6.45) is 3.66. The molecular formula is C14H22N2O2PSi+. The average Bonchev–Trinajstić information content (AvgIpc) is 2.76. The summed E-state index contributed by atoms with van der Waals surface area (Å²) >= 11 is 0. The lowest BCUT2D eigenvalue weighted by atomic mass is 10.3. The van der Waals surface area contributed by atoms with Gasteiger partial charge in [-0.2, -0.15) is 0 Å². The van der Waals surface area contributed by atoms with Gasteiger partial charge >= 0.3 is 7.80 Å². The zero-order valence-corrected chi connectivity index (χ0v) is 14.5. The minimum Gasteiger partial charge on any atom is -0.361 e. The lowest BCUT2D eigenvalue weighted by Crippen LogP contribution is -2.22. The van der Waals surface area contributed by atoms with E-state index in [9.17, 15) is 4.57 Å². The number of aromatic nitrogens is 2. The van der Waals surface area contributed by atoms with Crippen LogP contribution < -0.4 is 5.30 Å². The van der Waals surface area contributed by atoms with Gasteiger partial charge in [-0.25, -0.2) is 4.98 Å². The van der Waals surface area contributed by atoms with Crippen molar-refractivity contribution < 1.29 is 9.30 Å². The Morgan fingerprint density at radius 2 is 2.15 bits per heavy atom. The van der Waals surface area contributed by atoms with Crippen molar-refractivity contribution in [2.24, 2.45) is 0 Å². The third kappa shape index (κ3) is 3.98. The van der Waals surface area contributed by atoms with Gasteiger partial charge in [-0.05, 0) is 12.1 Å². The molecule has 0 saturated carbocycles. The highest BCUT2D eigenvalue weighted by Crippen LogP contribution is 2.18. The molecule has 20 heavy (non-hydrogen) atoms. The van der Waals surface area contributed by atoms with Crippen molar-refractivity contribution in [3.63, 3.8) is 0 Å². The van der Waals surface area contributed by atoms with E-state index < -0.39 is 15.9 Å². The van der Waals surface area contributed by atoms with E-state index in [4.69, 9.17) is 4.74 Å². The van der Waals surface area contributed by atoms with Gasteiger partial charge in [0.05, 0.1) is 6.20 Å². The summed E-state index contributed by atoms with van der Waals surface area (Å²) < 4.78 is 19.2. The first kappa shape index (κ1) is 15.4. The molecule has 0 aromatic carbocycles. The Morgan fingerprint density at radius 3 is 2.80 bits per heavy atom. The minimum atomic E-state index is -1.33. The van der Waals surface area contributed by atoms with Crippen molar-refractivity contribution >= 4 is 32.2 Å². The van der Waals surface area contributed by atoms with E-state index in [2.05, 4.69) is 24.6 Å². The van der Waals surface area contributed by atoms with Gasteiger partial charge in [0.25, 0.3) is 0 Å². The number of rotatable bonds is 6. The average molecular weight is 309 g/mol. The van der Waals surface area contributed by atoms with E-state index in [-0.39, 0.29) is 0 Å². The second-order valence-electron chi connectivity index (χ2n) is 6.24. The van der Waals surface area contributed by atoms with E-state index in [0.717, 1.165) is 22.9 Å². The second kappa shape index (κ2) is 6.16. The highest BCUT2D eigenvalue weighted by molar-refractivity contribution is 7.52. The first-order valence-electron chi connectivity index (χ1n) is 6.80. The molecule has 0 amide bonds. The summed E-state index contributed by atoms with van der Waals surface area (Å²) in [5.74, 6) is 0. The van der Waals surface area contributed by atoms with Crippen LogP contribution in [0.3, 0.4) is 0 Å². The van der Waals surface area contributed by atoms with Gasteiger partial charge in [-0.1, -0.05) is 24.2 Å². The van der Waals surface area contributed by atoms with Crippen molar-refractivity contribution in [2.75, 3.05) is 13.3 Å². The molecule has 0 aliphatic rings. The Morgan fingerprint density at radius 1 is 1.40 bits per heavy atom. The molecule has 0 saturated heterocycles. The Hall–Kier alpha value is -1.03. The molecule has 0 fully saturated rings. The lowest BCUT2D eigenvalue weighted by molar-refractivity contribution is 0.0899. The van der Waals surface area contributed by atoms with Gasteiger partial charge in [0.2, 0.25) is 5.30 Å². The second-order valence-corrected chi connectivity index (χ2v) is 13.4. The van der Waals surface area contributed by atoms with Crippen LogP contribution in [0.2, 0.25) is 25.7 Å². The fourth-order valence-corrected chi connectivity index (χ4v) is 3.18. The number of fused-ring (bicyclic) bond motifs is 1. The molecule has 0 aliphatic heterocycles. The molecule has 2 heterocycles. The number of hydrogen-bond donors (Lipinski definition) is 0. The molecule has 0 N–H and O–H groups in total. The topological polar surface area (TPSA) is 44.1 Å². The SMILES string of the molecule is C[P+](=O)c1cnc2c(ccn2COCC[Si](C)(C)C)c1. The number of hydrogen-bond acceptors (Lipinski definition) is 3. The molecular weight excluding hydrogens is 287 g/mol. The number of pyridine rings is 1. The van der Waals surface area contributed by atoms with Crippen LogP contribution >= 0.6 is 7.80 Å². The highest BCUT2D eigenvalue weighted by Gasteiger charge is 2.15. The molecule has 0 radical (unpaired) electrons. The van der Waals surface area contributed by atoms with Crippen molar-refractivity contribution in [2.45, 2.75) is 32.4 Å². The molecule has 0 spiro atoms. The lowest BCUT2D eigenvalue weighted by Gasteiger charge is -2.15. The first-order valence-corrected chi connectivity index (χ1v) is 12.2. The van der Waals surface area contributed by atoms with Crippen LogP contribution in [0.1, 0.15) is 0 Å². The maximum absolute atomic E-state index is 11.5. The van der Waals surface area contributed by atoms with Gasteiger partial charge in [-0.3, -0.25) is 0 Å². The summed E-state index contributed by atoms with van der Waals surface area (Å²) in [4.78, 5) is 4.40. The van der Waals surface area contributed by atoms with Gasteiger partial charge in [0.1, 0.15) is 19.0 Å². The van der Waals surface area contributed by atoms with E-state index in [1.54, 1.807) is 12.9 Å². The fraction of sp³-hybridized carbons (Fsp3) is 0.500. The zero-order valence-electron chi connectivity index (χ0n) is 12.6. The predicted octanol–water partition coefficient (Wildman–Crippen LogP) is 3.43. The largest absolute Gasteiger partial charge is 0.375 e. The maximum Gasteiger partial charge on any atom is 0.375 e. The third-order valence-corrected chi connectivity index (χ3v) is 5.85. The Balaban J connectivity index is 2.03. The summed E-state index contributed by atoms with van der Waals surface area (Å²) in [5.41, 5.74) is 0.888. The molecule has 0 aliphatic carbocycles. The summed E-state index contributed by atoms with van der Waals surface area (Å²) in [5, 5.41) is 1.81. The quantitative estimate of drug-likeness (QED) is 0.466. The van der Waals surface area contributed by atoms with Crippen molar-refractivity contribution in [3.8, 4) is 0 Å². The molecule has 2 rings (SSSR count). The molecule has 2 aromatic heterocycles. The molecule has 6 heteroatoms. The van der Waals surface area contributed by atoms with Crippen LogP contribution in [0.4, 0.5) is 0 Å². The van der Waals surface area contributed by atoms with Gasteiger partial charge in [0.15, 0.2) is 0 Å².